The van der Waals surface area contributed by atoms with Gasteiger partial charge in [-0.15, -0.1) is 0 Å². The summed E-state index contributed by atoms with van der Waals surface area (Å²) in [6.45, 7) is 1.57. The Balaban J connectivity index is 2.41. The second kappa shape index (κ2) is 4.24. The average Bonchev–Trinajstić information content (AvgIpc) is 2.52. The quantitative estimate of drug-likeness (QED) is 0.605. The maximum absolute atomic E-state index is 11.3. The van der Waals surface area contributed by atoms with Crippen LogP contribution in [0.1, 0.15) is 12.8 Å². The van der Waals surface area contributed by atoms with E-state index < -0.39 is 0 Å². The number of hydrogen-bond donors (Lipinski definition) is 0. The van der Waals surface area contributed by atoms with E-state index in [-0.39, 0.29) is 12.3 Å². The van der Waals surface area contributed by atoms with E-state index >= 15 is 0 Å². The number of amides is 1. The first-order chi connectivity index (χ1) is 6.15. The Hall–Kier alpha value is -1.08. The molecular formula is C9H15N3O. The molecule has 1 unspecified atom stereocenters. The third kappa shape index (κ3) is 2.43. The van der Waals surface area contributed by atoms with E-state index in [9.17, 15) is 4.79 Å². The van der Waals surface area contributed by atoms with Crippen molar-refractivity contribution in [3.8, 4) is 6.07 Å². The van der Waals surface area contributed by atoms with Gasteiger partial charge in [0.25, 0.3) is 0 Å². The van der Waals surface area contributed by atoms with E-state index in [1.54, 1.807) is 4.90 Å². The molecule has 13 heavy (non-hydrogen) atoms. The zero-order valence-corrected chi connectivity index (χ0v) is 8.16. The summed E-state index contributed by atoms with van der Waals surface area (Å²) in [5, 5.41) is 8.36. The van der Waals surface area contributed by atoms with Crippen molar-refractivity contribution in [1.29, 1.82) is 5.26 Å². The molecule has 1 saturated heterocycles. The summed E-state index contributed by atoms with van der Waals surface area (Å²) < 4.78 is 0. The van der Waals surface area contributed by atoms with E-state index in [1.807, 2.05) is 20.2 Å². The van der Waals surface area contributed by atoms with Crippen molar-refractivity contribution in [2.75, 3.05) is 27.2 Å². The molecule has 0 radical (unpaired) electrons. The highest BCUT2D eigenvalue weighted by atomic mass is 16.2. The Morgan fingerprint density at radius 3 is 2.85 bits per heavy atom. The number of hydrogen-bond acceptors (Lipinski definition) is 3. The van der Waals surface area contributed by atoms with Crippen molar-refractivity contribution < 1.29 is 4.79 Å². The molecular weight excluding hydrogens is 166 g/mol. The fourth-order valence-corrected chi connectivity index (χ4v) is 1.57. The third-order valence-corrected chi connectivity index (χ3v) is 2.48. The van der Waals surface area contributed by atoms with Crippen LogP contribution in [0.4, 0.5) is 0 Å². The lowest BCUT2D eigenvalue weighted by atomic mass is 10.2. The van der Waals surface area contributed by atoms with Gasteiger partial charge in [-0.05, 0) is 20.5 Å². The van der Waals surface area contributed by atoms with Crippen LogP contribution in [0.5, 0.6) is 0 Å². The van der Waals surface area contributed by atoms with E-state index in [2.05, 4.69) is 4.90 Å². The second-order valence-electron chi connectivity index (χ2n) is 3.58. The molecule has 4 heteroatoms. The van der Waals surface area contributed by atoms with Crippen LogP contribution in [0, 0.1) is 11.3 Å². The van der Waals surface area contributed by atoms with Gasteiger partial charge in [-0.25, -0.2) is 0 Å². The summed E-state index contributed by atoms with van der Waals surface area (Å²) in [5.41, 5.74) is 0. The van der Waals surface area contributed by atoms with Crippen LogP contribution in [-0.4, -0.2) is 48.9 Å². The minimum Gasteiger partial charge on any atom is -0.340 e. The monoisotopic (exact) mass is 181 g/mol. The van der Waals surface area contributed by atoms with Gasteiger partial charge in [-0.3, -0.25) is 4.79 Å². The molecule has 0 aromatic carbocycles. The lowest BCUT2D eigenvalue weighted by Crippen LogP contribution is -2.34. The molecule has 1 aliphatic rings. The van der Waals surface area contributed by atoms with Gasteiger partial charge >= 0.3 is 0 Å². The predicted octanol–water partition coefficient (Wildman–Crippen LogP) is 0.0626. The van der Waals surface area contributed by atoms with Crippen LogP contribution in [0.3, 0.4) is 0 Å². The number of carbonyl (C=O) groups excluding carboxylic acids is 1. The van der Waals surface area contributed by atoms with Crippen LogP contribution in [0.15, 0.2) is 0 Å². The molecule has 0 aromatic heterocycles. The van der Waals surface area contributed by atoms with Gasteiger partial charge in [0.1, 0.15) is 6.42 Å². The molecule has 0 spiro atoms. The molecule has 1 atom stereocenters. The summed E-state index contributed by atoms with van der Waals surface area (Å²) in [4.78, 5) is 15.2. The summed E-state index contributed by atoms with van der Waals surface area (Å²) >= 11 is 0. The van der Waals surface area contributed by atoms with Crippen molar-refractivity contribution in [3.05, 3.63) is 0 Å². The van der Waals surface area contributed by atoms with Gasteiger partial charge in [0.2, 0.25) is 5.91 Å². The summed E-state index contributed by atoms with van der Waals surface area (Å²) in [6, 6.07) is 2.34. The lowest BCUT2D eigenvalue weighted by Gasteiger charge is -2.19. The number of likely N-dealkylation sites (tertiary alicyclic amines) is 1. The molecule has 1 heterocycles. The number of rotatable bonds is 2. The molecule has 1 rings (SSSR count). The fourth-order valence-electron chi connectivity index (χ4n) is 1.57. The van der Waals surface area contributed by atoms with Crippen LogP contribution in [0.2, 0.25) is 0 Å². The van der Waals surface area contributed by atoms with Gasteiger partial charge in [-0.1, -0.05) is 0 Å². The Bertz CT molecular complexity index is 232. The molecule has 4 nitrogen and oxygen atoms in total. The van der Waals surface area contributed by atoms with Crippen LogP contribution >= 0.6 is 0 Å². The molecule has 0 saturated carbocycles. The highest BCUT2D eigenvalue weighted by molar-refractivity contribution is 5.78. The Morgan fingerprint density at radius 1 is 1.69 bits per heavy atom. The molecule has 1 fully saturated rings. The Kier molecular flexibility index (Phi) is 3.26. The number of nitriles is 1. The van der Waals surface area contributed by atoms with E-state index in [1.165, 1.54) is 0 Å². The summed E-state index contributed by atoms with van der Waals surface area (Å²) in [5.74, 6) is -0.0353. The Morgan fingerprint density at radius 2 is 2.38 bits per heavy atom. The zero-order valence-electron chi connectivity index (χ0n) is 8.16. The van der Waals surface area contributed by atoms with Crippen molar-refractivity contribution in [3.63, 3.8) is 0 Å². The van der Waals surface area contributed by atoms with E-state index in [4.69, 9.17) is 5.26 Å². The first kappa shape index (κ1) is 10.0. The van der Waals surface area contributed by atoms with Gasteiger partial charge in [0.15, 0.2) is 0 Å². The van der Waals surface area contributed by atoms with Gasteiger partial charge in [0, 0.05) is 19.1 Å². The topological polar surface area (TPSA) is 47.3 Å². The number of nitrogens with zero attached hydrogens (tertiary/aromatic N) is 3. The first-order valence-electron chi connectivity index (χ1n) is 4.46. The molecule has 0 bridgehead atoms. The molecule has 1 amide bonds. The van der Waals surface area contributed by atoms with Gasteiger partial charge in [-0.2, -0.15) is 5.26 Å². The molecule has 0 aliphatic carbocycles. The highest BCUT2D eigenvalue weighted by Gasteiger charge is 2.26. The van der Waals surface area contributed by atoms with Crippen LogP contribution in [-0.2, 0) is 4.79 Å². The van der Waals surface area contributed by atoms with Crippen LogP contribution in [0.25, 0.3) is 0 Å². The third-order valence-electron chi connectivity index (χ3n) is 2.48. The van der Waals surface area contributed by atoms with Crippen molar-refractivity contribution in [2.24, 2.45) is 0 Å². The number of carbonyl (C=O) groups is 1. The number of likely N-dealkylation sites (N-methyl/N-ethyl adjacent to an activating group) is 1. The lowest BCUT2D eigenvalue weighted by molar-refractivity contribution is -0.129. The van der Waals surface area contributed by atoms with Crippen molar-refractivity contribution in [1.82, 2.24) is 9.80 Å². The van der Waals surface area contributed by atoms with E-state index in [0.717, 1.165) is 19.5 Å². The molecule has 72 valence electrons. The highest BCUT2D eigenvalue weighted by Crippen LogP contribution is 2.13. The zero-order chi connectivity index (χ0) is 9.84. The van der Waals surface area contributed by atoms with Gasteiger partial charge < -0.3 is 9.80 Å². The normalized spacial score (nSPS) is 22.0. The minimum absolute atomic E-state index is 0.0140. The van der Waals surface area contributed by atoms with Gasteiger partial charge in [0.05, 0.1) is 6.07 Å². The molecule has 0 aromatic rings. The minimum atomic E-state index is -0.0353. The SMILES string of the molecule is CN(C)C1CCN(C(=O)CC#N)C1. The summed E-state index contributed by atoms with van der Waals surface area (Å²) in [6.07, 6.45) is 1.03. The van der Waals surface area contributed by atoms with Crippen molar-refractivity contribution in [2.45, 2.75) is 18.9 Å². The first-order valence-corrected chi connectivity index (χ1v) is 4.46. The smallest absolute Gasteiger partial charge is 0.236 e. The Labute approximate surface area is 78.7 Å². The summed E-state index contributed by atoms with van der Waals surface area (Å²) in [7, 11) is 4.03. The standard InChI is InChI=1S/C9H15N3O/c1-11(2)8-4-6-12(7-8)9(13)3-5-10/h8H,3-4,6-7H2,1-2H3. The average molecular weight is 181 g/mol. The van der Waals surface area contributed by atoms with Crippen LogP contribution < -0.4 is 0 Å². The van der Waals surface area contributed by atoms with E-state index in [0.29, 0.717) is 6.04 Å². The largest absolute Gasteiger partial charge is 0.340 e. The maximum atomic E-state index is 11.3. The molecule has 0 N–H and O–H groups in total. The maximum Gasteiger partial charge on any atom is 0.236 e. The van der Waals surface area contributed by atoms with Crippen molar-refractivity contribution >= 4 is 5.91 Å². The fraction of sp³-hybridized carbons (Fsp3) is 0.778. The predicted molar refractivity (Wildman–Crippen MR) is 48.9 cm³/mol. The second-order valence-corrected chi connectivity index (χ2v) is 3.58. The molecule has 1 aliphatic heterocycles.